The number of carbonyl (C=O) groups excluding carboxylic acids is 1. The number of aromatic nitrogens is 3. The molecule has 1 aliphatic rings. The van der Waals surface area contributed by atoms with Crippen molar-refractivity contribution in [3.05, 3.63) is 65.6 Å². The van der Waals surface area contributed by atoms with Crippen LogP contribution in [0.15, 0.2) is 48.8 Å². The smallest absolute Gasteiger partial charge is 0.475 e. The molecule has 1 saturated heterocycles. The number of rotatable bonds is 1. The fourth-order valence-corrected chi connectivity index (χ4v) is 2.86. The molecule has 0 spiro atoms. The second-order valence-corrected chi connectivity index (χ2v) is 6.42. The monoisotopic (exact) mass is 447 g/mol. The third-order valence-corrected chi connectivity index (χ3v) is 4.25. The summed E-state index contributed by atoms with van der Waals surface area (Å²) in [4.78, 5) is 29.9. The molecular formula is C20H16F3N5O4. The van der Waals surface area contributed by atoms with Crippen molar-refractivity contribution in [1.82, 2.24) is 19.7 Å². The quantitative estimate of drug-likeness (QED) is 0.553. The molecule has 9 nitrogen and oxygen atoms in total. The zero-order valence-corrected chi connectivity index (χ0v) is 16.3. The van der Waals surface area contributed by atoms with Gasteiger partial charge in [0.15, 0.2) is 5.65 Å². The summed E-state index contributed by atoms with van der Waals surface area (Å²) in [6.07, 6.45) is -0.991. The number of nitrogens with zero attached hydrogens (tertiary/aromatic N) is 4. The van der Waals surface area contributed by atoms with Gasteiger partial charge < -0.3 is 10.8 Å². The van der Waals surface area contributed by atoms with Gasteiger partial charge in [0.1, 0.15) is 5.69 Å². The van der Waals surface area contributed by atoms with Crippen LogP contribution in [-0.4, -0.2) is 49.6 Å². The van der Waals surface area contributed by atoms with Gasteiger partial charge in [-0.3, -0.25) is 4.84 Å². The van der Waals surface area contributed by atoms with Crippen LogP contribution in [0.4, 0.5) is 18.0 Å². The predicted octanol–water partition coefficient (Wildman–Crippen LogP) is 2.52. The third-order valence-electron chi connectivity index (χ3n) is 4.25. The van der Waals surface area contributed by atoms with Gasteiger partial charge in [-0.2, -0.15) is 23.3 Å². The lowest BCUT2D eigenvalue weighted by Gasteiger charge is -2.20. The Bertz CT molecular complexity index is 1200. The van der Waals surface area contributed by atoms with Gasteiger partial charge in [-0.1, -0.05) is 18.1 Å². The summed E-state index contributed by atoms with van der Waals surface area (Å²) in [5.74, 6) is 3.45. The van der Waals surface area contributed by atoms with Gasteiger partial charge in [0.25, 0.3) is 0 Å². The summed E-state index contributed by atoms with van der Waals surface area (Å²) in [6, 6.07) is 10.6. The fourth-order valence-electron chi connectivity index (χ4n) is 2.86. The number of carbonyl (C=O) groups is 2. The van der Waals surface area contributed by atoms with E-state index in [9.17, 15) is 18.0 Å². The van der Waals surface area contributed by atoms with Crippen molar-refractivity contribution < 1.29 is 32.7 Å². The van der Waals surface area contributed by atoms with Gasteiger partial charge in [-0.05, 0) is 35.7 Å². The Morgan fingerprint density at radius 1 is 1.22 bits per heavy atom. The number of primary amides is 1. The molecule has 0 radical (unpaired) electrons. The molecule has 12 heteroatoms. The van der Waals surface area contributed by atoms with E-state index in [4.69, 9.17) is 20.5 Å². The number of fused-ring (bicyclic) bond motifs is 1. The van der Waals surface area contributed by atoms with Crippen LogP contribution in [0.25, 0.3) is 5.65 Å². The molecular weight excluding hydrogens is 431 g/mol. The number of alkyl halides is 3. The molecule has 1 aromatic carbocycles. The van der Waals surface area contributed by atoms with Crippen LogP contribution < -0.4 is 5.73 Å². The third kappa shape index (κ3) is 5.32. The van der Waals surface area contributed by atoms with Crippen molar-refractivity contribution in [1.29, 1.82) is 0 Å². The van der Waals surface area contributed by atoms with Crippen molar-refractivity contribution >= 4 is 17.6 Å². The first-order valence-corrected chi connectivity index (χ1v) is 9.09. The van der Waals surface area contributed by atoms with Crippen LogP contribution in [0.2, 0.25) is 0 Å². The lowest BCUT2D eigenvalue weighted by atomic mass is 10.0. The van der Waals surface area contributed by atoms with Crippen molar-refractivity contribution in [2.45, 2.75) is 18.6 Å². The molecule has 166 valence electrons. The number of hydrogen-bond acceptors (Lipinski definition) is 5. The number of halogens is 3. The Kier molecular flexibility index (Phi) is 6.60. The van der Waals surface area contributed by atoms with E-state index >= 15 is 0 Å². The maximum Gasteiger partial charge on any atom is 0.490 e. The lowest BCUT2D eigenvalue weighted by Crippen LogP contribution is -2.34. The molecule has 0 bridgehead atoms. The number of imidazole rings is 1. The zero-order chi connectivity index (χ0) is 23.3. The van der Waals surface area contributed by atoms with Gasteiger partial charge in [0.05, 0.1) is 18.8 Å². The first-order chi connectivity index (χ1) is 15.2. The van der Waals surface area contributed by atoms with E-state index in [1.165, 1.54) is 5.06 Å². The Balaban J connectivity index is 0.000000360. The Hall–Kier alpha value is -4.11. The summed E-state index contributed by atoms with van der Waals surface area (Å²) in [5, 5.41) is 12.6. The molecule has 0 saturated carbocycles. The molecule has 2 amide bonds. The highest BCUT2D eigenvalue weighted by atomic mass is 19.4. The summed E-state index contributed by atoms with van der Waals surface area (Å²) >= 11 is 0. The molecule has 4 rings (SSSR count). The second-order valence-electron chi connectivity index (χ2n) is 6.42. The molecule has 2 aromatic heterocycles. The van der Waals surface area contributed by atoms with Crippen molar-refractivity contribution in [2.24, 2.45) is 5.73 Å². The fraction of sp³-hybridized carbons (Fsp3) is 0.200. The molecule has 1 aliphatic heterocycles. The van der Waals surface area contributed by atoms with E-state index in [-0.39, 0.29) is 6.04 Å². The minimum atomic E-state index is -5.08. The van der Waals surface area contributed by atoms with Gasteiger partial charge in [-0.25, -0.2) is 19.1 Å². The summed E-state index contributed by atoms with van der Waals surface area (Å²) in [6.45, 7) is 0.469. The number of benzene rings is 1. The zero-order valence-electron chi connectivity index (χ0n) is 16.3. The normalized spacial score (nSPS) is 15.5. The summed E-state index contributed by atoms with van der Waals surface area (Å²) in [7, 11) is 0. The largest absolute Gasteiger partial charge is 0.490 e. The molecule has 3 N–H and O–H groups in total. The molecule has 32 heavy (non-hydrogen) atoms. The van der Waals surface area contributed by atoms with Gasteiger partial charge >= 0.3 is 18.2 Å². The molecule has 3 heterocycles. The molecule has 0 aliphatic carbocycles. The highest BCUT2D eigenvalue weighted by molar-refractivity contribution is 5.73. The Morgan fingerprint density at radius 2 is 1.97 bits per heavy atom. The van der Waals surface area contributed by atoms with Crippen LogP contribution in [0.5, 0.6) is 0 Å². The van der Waals surface area contributed by atoms with Crippen LogP contribution in [0.3, 0.4) is 0 Å². The topological polar surface area (TPSA) is 123 Å². The number of hydrogen-bond donors (Lipinski definition) is 2. The number of carboxylic acids is 1. The first kappa shape index (κ1) is 22.6. The number of nitrogens with two attached hydrogens (primary N) is 1. The number of urea groups is 1. The summed E-state index contributed by atoms with van der Waals surface area (Å²) < 4.78 is 33.4. The van der Waals surface area contributed by atoms with Crippen molar-refractivity contribution in [3.63, 3.8) is 0 Å². The number of carboxylic acid groups (broad SMARTS) is 1. The van der Waals surface area contributed by atoms with E-state index in [0.29, 0.717) is 18.7 Å². The van der Waals surface area contributed by atoms with Crippen molar-refractivity contribution in [2.75, 3.05) is 6.61 Å². The second kappa shape index (κ2) is 9.36. The van der Waals surface area contributed by atoms with Gasteiger partial charge in [0, 0.05) is 18.2 Å². The number of amides is 2. The average molecular weight is 447 g/mol. The number of hydroxylamine groups is 2. The van der Waals surface area contributed by atoms with E-state index < -0.39 is 18.2 Å². The number of aliphatic carboxylic acids is 1. The summed E-state index contributed by atoms with van der Waals surface area (Å²) in [5.41, 5.74) is 8.60. The minimum absolute atomic E-state index is 0.184. The molecule has 1 fully saturated rings. The standard InChI is InChI=1S/C18H15N5O2.C2HF3O2/c19-18(24)23-16(8-10-25-23)14-4-1-3-13(11-14)6-7-15-12-20-17-5-2-9-21-22(15)17;3-2(4,5)1(6)7/h1-5,9,11-12,16H,8,10H2,(H2,19,24);(H,6,7). The Morgan fingerprint density at radius 3 is 2.66 bits per heavy atom. The highest BCUT2D eigenvalue weighted by Crippen LogP contribution is 2.30. The van der Waals surface area contributed by atoms with E-state index in [2.05, 4.69) is 21.9 Å². The van der Waals surface area contributed by atoms with Crippen molar-refractivity contribution in [3.8, 4) is 11.8 Å². The van der Waals surface area contributed by atoms with E-state index in [1.807, 2.05) is 36.4 Å². The predicted molar refractivity (Wildman–Crippen MR) is 104 cm³/mol. The van der Waals surface area contributed by atoms with Crippen LogP contribution in [0, 0.1) is 11.8 Å². The average Bonchev–Trinajstić information content (AvgIpc) is 3.40. The highest BCUT2D eigenvalue weighted by Gasteiger charge is 2.38. The van der Waals surface area contributed by atoms with Crippen LogP contribution >= 0.6 is 0 Å². The maximum atomic E-state index is 11.5. The molecule has 1 atom stereocenters. The maximum absolute atomic E-state index is 11.5. The van der Waals surface area contributed by atoms with E-state index in [1.54, 1.807) is 16.9 Å². The Labute approximate surface area is 179 Å². The molecule has 3 aromatic rings. The van der Waals surface area contributed by atoms with E-state index in [0.717, 1.165) is 16.8 Å². The molecule has 1 unspecified atom stereocenters. The van der Waals surface area contributed by atoms with Crippen LogP contribution in [0.1, 0.15) is 29.3 Å². The minimum Gasteiger partial charge on any atom is -0.475 e. The lowest BCUT2D eigenvalue weighted by molar-refractivity contribution is -0.192. The first-order valence-electron chi connectivity index (χ1n) is 9.09. The van der Waals surface area contributed by atoms with Gasteiger partial charge in [0.2, 0.25) is 0 Å². The van der Waals surface area contributed by atoms with Crippen LogP contribution in [-0.2, 0) is 9.63 Å². The SMILES string of the molecule is NC(=O)N1OCCC1c1cccc(C#Cc2cnc3cccnn23)c1.O=C(O)C(F)(F)F. The van der Waals surface area contributed by atoms with Gasteiger partial charge in [-0.15, -0.1) is 0 Å².